The highest BCUT2D eigenvalue weighted by Gasteiger charge is 2.29. The Morgan fingerprint density at radius 2 is 1.91 bits per heavy atom. The van der Waals surface area contributed by atoms with E-state index in [1.54, 1.807) is 6.33 Å². The molecule has 7 nitrogen and oxygen atoms in total. The molecule has 32 heavy (non-hydrogen) atoms. The lowest BCUT2D eigenvalue weighted by atomic mass is 9.96. The molecule has 1 N–H and O–H groups in total. The topological polar surface area (TPSA) is 75.9 Å². The number of piperidine rings is 1. The van der Waals surface area contributed by atoms with Gasteiger partial charge in [0.05, 0.1) is 5.92 Å². The molecular weight excluding hydrogens is 400 g/mol. The maximum absolute atomic E-state index is 13.0. The van der Waals surface area contributed by atoms with Crippen molar-refractivity contribution in [1.29, 1.82) is 0 Å². The summed E-state index contributed by atoms with van der Waals surface area (Å²) in [6, 6.07) is 8.18. The molecule has 7 heteroatoms. The molecule has 0 aliphatic carbocycles. The first-order valence-corrected chi connectivity index (χ1v) is 12.0. The summed E-state index contributed by atoms with van der Waals surface area (Å²) < 4.78 is 2.27. The molecular formula is C25H32N6O. The van der Waals surface area contributed by atoms with Gasteiger partial charge in [0.15, 0.2) is 17.0 Å². The lowest BCUT2D eigenvalue weighted by molar-refractivity contribution is -0.120. The van der Waals surface area contributed by atoms with E-state index in [9.17, 15) is 4.79 Å². The summed E-state index contributed by atoms with van der Waals surface area (Å²) in [6.07, 6.45) is 8.08. The second-order valence-corrected chi connectivity index (χ2v) is 9.41. The maximum Gasteiger partial charge on any atom is 0.229 e. The molecule has 1 fully saturated rings. The monoisotopic (exact) mass is 432 g/mol. The van der Waals surface area contributed by atoms with E-state index < -0.39 is 0 Å². The van der Waals surface area contributed by atoms with Gasteiger partial charge in [0.2, 0.25) is 5.91 Å². The molecule has 4 heterocycles. The minimum absolute atomic E-state index is 0.0704. The smallest absolute Gasteiger partial charge is 0.229 e. The maximum atomic E-state index is 13.0. The van der Waals surface area contributed by atoms with Crippen molar-refractivity contribution in [3.63, 3.8) is 0 Å². The van der Waals surface area contributed by atoms with E-state index in [4.69, 9.17) is 4.98 Å². The number of nitrogens with zero attached hydrogens (tertiary/aromatic N) is 5. The SMILES string of the molecule is CC(C)c1ccc(NC(=O)[C@H]2CCCN(c3ncnc4c3nc3n4CCCCC3)C2)cc1. The summed E-state index contributed by atoms with van der Waals surface area (Å²) in [5, 5.41) is 3.12. The molecule has 0 saturated carbocycles. The van der Waals surface area contributed by atoms with E-state index in [2.05, 4.69) is 50.7 Å². The van der Waals surface area contributed by atoms with Gasteiger partial charge in [0, 0.05) is 31.7 Å². The Kier molecular flexibility index (Phi) is 5.81. The predicted molar refractivity (Wildman–Crippen MR) is 127 cm³/mol. The quantitative estimate of drug-likeness (QED) is 0.655. The lowest BCUT2D eigenvalue weighted by Gasteiger charge is -2.32. The van der Waals surface area contributed by atoms with Crippen molar-refractivity contribution < 1.29 is 4.79 Å². The average molecular weight is 433 g/mol. The second kappa shape index (κ2) is 8.88. The van der Waals surface area contributed by atoms with Crippen molar-refractivity contribution in [3.05, 3.63) is 42.0 Å². The first kappa shape index (κ1) is 20.9. The van der Waals surface area contributed by atoms with Crippen LogP contribution in [0.15, 0.2) is 30.6 Å². The zero-order valence-electron chi connectivity index (χ0n) is 19.0. The zero-order chi connectivity index (χ0) is 22.1. The highest BCUT2D eigenvalue weighted by Crippen LogP contribution is 2.30. The second-order valence-electron chi connectivity index (χ2n) is 9.41. The van der Waals surface area contributed by atoms with Crippen LogP contribution in [-0.2, 0) is 17.8 Å². The molecule has 168 valence electrons. The minimum Gasteiger partial charge on any atom is -0.354 e. The first-order valence-electron chi connectivity index (χ1n) is 12.0. The molecule has 0 unspecified atom stereocenters. The third-order valence-electron chi connectivity index (χ3n) is 6.81. The van der Waals surface area contributed by atoms with Gasteiger partial charge in [0.25, 0.3) is 0 Å². The summed E-state index contributed by atoms with van der Waals surface area (Å²) in [6.45, 7) is 6.87. The van der Waals surface area contributed by atoms with Crippen molar-refractivity contribution >= 4 is 28.6 Å². The molecule has 1 amide bonds. The summed E-state index contributed by atoms with van der Waals surface area (Å²) in [4.78, 5) is 29.4. The number of benzene rings is 1. The van der Waals surface area contributed by atoms with Crippen molar-refractivity contribution in [1.82, 2.24) is 19.5 Å². The summed E-state index contributed by atoms with van der Waals surface area (Å²) in [7, 11) is 0. The number of imidazole rings is 1. The molecule has 5 rings (SSSR count). The van der Waals surface area contributed by atoms with Gasteiger partial charge >= 0.3 is 0 Å². The lowest BCUT2D eigenvalue weighted by Crippen LogP contribution is -2.41. The highest BCUT2D eigenvalue weighted by molar-refractivity contribution is 5.93. The Bertz CT molecular complexity index is 1100. The van der Waals surface area contributed by atoms with E-state index >= 15 is 0 Å². The molecule has 0 radical (unpaired) electrons. The Balaban J connectivity index is 1.33. The predicted octanol–water partition coefficient (Wildman–Crippen LogP) is 4.53. The van der Waals surface area contributed by atoms with E-state index in [1.807, 2.05) is 12.1 Å². The largest absolute Gasteiger partial charge is 0.354 e. The molecule has 1 atom stereocenters. The number of anilines is 2. The van der Waals surface area contributed by atoms with Crippen molar-refractivity contribution in [3.8, 4) is 0 Å². The fourth-order valence-corrected chi connectivity index (χ4v) is 4.94. The molecule has 1 aromatic carbocycles. The van der Waals surface area contributed by atoms with Gasteiger partial charge in [-0.3, -0.25) is 4.79 Å². The fourth-order valence-electron chi connectivity index (χ4n) is 4.94. The summed E-state index contributed by atoms with van der Waals surface area (Å²) in [5.41, 5.74) is 3.95. The Morgan fingerprint density at radius 3 is 2.72 bits per heavy atom. The Hall–Kier alpha value is -2.96. The fraction of sp³-hybridized carbons (Fsp3) is 0.520. The van der Waals surface area contributed by atoms with Gasteiger partial charge in [-0.2, -0.15) is 0 Å². The van der Waals surface area contributed by atoms with Crippen LogP contribution in [0.2, 0.25) is 0 Å². The van der Waals surface area contributed by atoms with Gasteiger partial charge in [-0.25, -0.2) is 15.0 Å². The number of hydrogen-bond acceptors (Lipinski definition) is 5. The number of aromatic nitrogens is 4. The van der Waals surface area contributed by atoms with Gasteiger partial charge in [-0.05, 0) is 49.3 Å². The number of nitrogens with one attached hydrogen (secondary N) is 1. The third-order valence-corrected chi connectivity index (χ3v) is 6.81. The van der Waals surface area contributed by atoms with Crippen molar-refractivity contribution in [2.75, 3.05) is 23.3 Å². The zero-order valence-corrected chi connectivity index (χ0v) is 19.0. The van der Waals surface area contributed by atoms with Gasteiger partial charge in [-0.1, -0.05) is 32.4 Å². The number of hydrogen-bond donors (Lipinski definition) is 1. The number of aryl methyl sites for hydroxylation is 2. The summed E-state index contributed by atoms with van der Waals surface area (Å²) in [5.74, 6) is 2.48. The van der Waals surface area contributed by atoms with Crippen LogP contribution >= 0.6 is 0 Å². The molecule has 1 saturated heterocycles. The molecule has 0 bridgehead atoms. The molecule has 3 aromatic rings. The number of rotatable bonds is 4. The standard InChI is InChI=1S/C25H32N6O/c1-17(2)18-9-11-20(12-10-18)28-25(32)19-7-6-13-30(15-19)23-22-24(27-16-26-23)31-14-5-3-4-8-21(31)29-22/h9-12,16-17,19H,3-8,13-15H2,1-2H3,(H,28,32)/t19-/m0/s1. The Labute approximate surface area is 189 Å². The van der Waals surface area contributed by atoms with Crippen LogP contribution in [0.1, 0.15) is 63.3 Å². The number of carbonyl (C=O) groups excluding carboxylic acids is 1. The van der Waals surface area contributed by atoms with Crippen molar-refractivity contribution in [2.24, 2.45) is 5.92 Å². The normalized spacial score (nSPS) is 19.1. The number of carbonyl (C=O) groups is 1. The van der Waals surface area contributed by atoms with Gasteiger partial charge in [-0.15, -0.1) is 0 Å². The van der Waals surface area contributed by atoms with E-state index in [0.29, 0.717) is 12.5 Å². The van der Waals surface area contributed by atoms with E-state index in [-0.39, 0.29) is 11.8 Å². The van der Waals surface area contributed by atoms with Crippen LogP contribution in [0.5, 0.6) is 0 Å². The van der Waals surface area contributed by atoms with Crippen LogP contribution in [0.3, 0.4) is 0 Å². The molecule has 2 aliphatic rings. The van der Waals surface area contributed by atoms with E-state index in [0.717, 1.165) is 60.8 Å². The van der Waals surface area contributed by atoms with Crippen LogP contribution in [0.25, 0.3) is 11.2 Å². The molecule has 2 aromatic heterocycles. The number of amides is 1. The van der Waals surface area contributed by atoms with Crippen LogP contribution in [0, 0.1) is 5.92 Å². The van der Waals surface area contributed by atoms with Gasteiger partial charge in [0.1, 0.15) is 12.2 Å². The van der Waals surface area contributed by atoms with Gasteiger partial charge < -0.3 is 14.8 Å². The molecule has 2 aliphatic heterocycles. The third kappa shape index (κ3) is 4.08. The van der Waals surface area contributed by atoms with Crippen LogP contribution in [0.4, 0.5) is 11.5 Å². The highest BCUT2D eigenvalue weighted by atomic mass is 16.1. The van der Waals surface area contributed by atoms with Crippen LogP contribution < -0.4 is 10.2 Å². The van der Waals surface area contributed by atoms with E-state index in [1.165, 1.54) is 24.8 Å². The summed E-state index contributed by atoms with van der Waals surface area (Å²) >= 11 is 0. The Morgan fingerprint density at radius 1 is 1.06 bits per heavy atom. The molecule has 0 spiro atoms. The average Bonchev–Trinajstić information content (AvgIpc) is 3.00. The minimum atomic E-state index is -0.0704. The number of fused-ring (bicyclic) bond motifs is 3. The first-order chi connectivity index (χ1) is 15.6. The van der Waals surface area contributed by atoms with Crippen molar-refractivity contribution in [2.45, 2.75) is 64.8 Å². The van der Waals surface area contributed by atoms with Crippen LogP contribution in [-0.4, -0.2) is 38.5 Å².